The Labute approximate surface area is 176 Å². The minimum Gasteiger partial charge on any atom is -0.410 e. The van der Waals surface area contributed by atoms with Crippen LogP contribution in [-0.2, 0) is 6.42 Å². The van der Waals surface area contributed by atoms with E-state index in [4.69, 9.17) is 10.5 Å². The van der Waals surface area contributed by atoms with Crippen molar-refractivity contribution in [3.8, 4) is 16.9 Å². The number of fused-ring (bicyclic) bond motifs is 1. The van der Waals surface area contributed by atoms with E-state index >= 15 is 0 Å². The van der Waals surface area contributed by atoms with Crippen molar-refractivity contribution in [1.82, 2.24) is 14.6 Å². The predicted octanol–water partition coefficient (Wildman–Crippen LogP) is 4.06. The summed E-state index contributed by atoms with van der Waals surface area (Å²) < 4.78 is 6.87. The van der Waals surface area contributed by atoms with Crippen molar-refractivity contribution in [2.75, 3.05) is 11.1 Å². The second kappa shape index (κ2) is 8.11. The number of nitrogens with one attached hydrogen (secondary N) is 1. The van der Waals surface area contributed by atoms with Gasteiger partial charge in [0.25, 0.3) is 5.69 Å². The van der Waals surface area contributed by atoms with E-state index in [0.717, 1.165) is 28.6 Å². The summed E-state index contributed by atoms with van der Waals surface area (Å²) in [5, 5.41) is 17.5. The Morgan fingerprint density at radius 2 is 1.90 bits per heavy atom. The maximum Gasteiger partial charge on any atom is 0.417 e. The van der Waals surface area contributed by atoms with E-state index in [2.05, 4.69) is 15.4 Å². The molecule has 2 aromatic carbocycles. The van der Waals surface area contributed by atoms with Crippen LogP contribution in [0.1, 0.15) is 12.5 Å². The highest BCUT2D eigenvalue weighted by Crippen LogP contribution is 2.33. The molecule has 4 rings (SSSR count). The lowest BCUT2D eigenvalue weighted by atomic mass is 10.0. The Kier molecular flexibility index (Phi) is 5.19. The number of nitro groups is 1. The van der Waals surface area contributed by atoms with Crippen LogP contribution in [0.2, 0.25) is 0 Å². The van der Waals surface area contributed by atoms with Crippen LogP contribution in [0.4, 0.5) is 22.0 Å². The number of nitro benzene ring substituents is 1. The third-order valence-electron chi connectivity index (χ3n) is 4.74. The van der Waals surface area contributed by atoms with E-state index in [-0.39, 0.29) is 11.4 Å². The summed E-state index contributed by atoms with van der Waals surface area (Å²) in [4.78, 5) is 26.4. The van der Waals surface area contributed by atoms with Gasteiger partial charge in [-0.25, -0.2) is 14.3 Å². The number of hydrogen-bond donors (Lipinski definition) is 2. The van der Waals surface area contributed by atoms with Gasteiger partial charge in [0.2, 0.25) is 0 Å². The van der Waals surface area contributed by atoms with Crippen molar-refractivity contribution in [3.05, 3.63) is 76.7 Å². The van der Waals surface area contributed by atoms with Crippen LogP contribution in [0, 0.1) is 10.1 Å². The Morgan fingerprint density at radius 3 is 2.55 bits per heavy atom. The third-order valence-corrected chi connectivity index (χ3v) is 4.74. The van der Waals surface area contributed by atoms with Gasteiger partial charge < -0.3 is 10.5 Å². The molecule has 0 spiro atoms. The zero-order chi connectivity index (χ0) is 22.0. The molecule has 0 aliphatic heterocycles. The number of carbonyl (C=O) groups is 1. The van der Waals surface area contributed by atoms with Crippen molar-refractivity contribution in [1.29, 1.82) is 0 Å². The molecule has 0 bridgehead atoms. The Bertz CT molecular complexity index is 1270. The number of carbonyl (C=O) groups excluding carboxylic acids is 1. The predicted molar refractivity (Wildman–Crippen MR) is 115 cm³/mol. The fourth-order valence-corrected chi connectivity index (χ4v) is 3.28. The van der Waals surface area contributed by atoms with Crippen LogP contribution in [0.5, 0.6) is 5.75 Å². The molecule has 0 aliphatic rings. The first-order chi connectivity index (χ1) is 15.0. The molecule has 31 heavy (non-hydrogen) atoms. The molecule has 0 saturated carbocycles. The van der Waals surface area contributed by atoms with Gasteiger partial charge in [0.1, 0.15) is 17.6 Å². The lowest BCUT2D eigenvalue weighted by molar-refractivity contribution is -0.384. The Balaban J connectivity index is 1.52. The minimum absolute atomic E-state index is 0.0842. The van der Waals surface area contributed by atoms with Crippen LogP contribution in [0.3, 0.4) is 0 Å². The molecule has 0 unspecified atom stereocenters. The molecular formula is C21H18N6O4. The summed E-state index contributed by atoms with van der Waals surface area (Å²) in [7, 11) is 0. The molecule has 10 nitrogen and oxygen atoms in total. The van der Waals surface area contributed by atoms with Gasteiger partial charge in [-0.3, -0.25) is 15.4 Å². The summed E-state index contributed by atoms with van der Waals surface area (Å²) >= 11 is 0. The van der Waals surface area contributed by atoms with E-state index < -0.39 is 11.0 Å². The highest BCUT2D eigenvalue weighted by molar-refractivity contribution is 5.91. The molecule has 10 heteroatoms. The number of amides is 1. The SMILES string of the molecule is CCc1cn2ncnc(N)c2c1-c1ccc(NC(=O)Oc2ccc([N+](=O)[O-])cc2)cc1. The van der Waals surface area contributed by atoms with Crippen LogP contribution in [0.25, 0.3) is 16.6 Å². The Hall–Kier alpha value is -4.47. The first kappa shape index (κ1) is 19.8. The zero-order valence-corrected chi connectivity index (χ0v) is 16.5. The molecule has 0 saturated heterocycles. The Morgan fingerprint density at radius 1 is 1.19 bits per heavy atom. The number of nitrogens with two attached hydrogens (primary N) is 1. The lowest BCUT2D eigenvalue weighted by Crippen LogP contribution is -2.16. The molecular weight excluding hydrogens is 400 g/mol. The number of nitrogens with zero attached hydrogens (tertiary/aromatic N) is 4. The van der Waals surface area contributed by atoms with Gasteiger partial charge in [-0.05, 0) is 41.8 Å². The molecule has 0 fully saturated rings. The highest BCUT2D eigenvalue weighted by Gasteiger charge is 2.16. The number of ether oxygens (including phenoxy) is 1. The van der Waals surface area contributed by atoms with Gasteiger partial charge in [0, 0.05) is 29.6 Å². The van der Waals surface area contributed by atoms with Crippen LogP contribution in [0.15, 0.2) is 61.1 Å². The second-order valence-corrected chi connectivity index (χ2v) is 6.66. The first-order valence-corrected chi connectivity index (χ1v) is 9.40. The minimum atomic E-state index is -0.706. The summed E-state index contributed by atoms with van der Waals surface area (Å²) in [5.41, 5.74) is 10.2. The van der Waals surface area contributed by atoms with E-state index in [9.17, 15) is 14.9 Å². The van der Waals surface area contributed by atoms with E-state index in [1.54, 1.807) is 16.6 Å². The van der Waals surface area contributed by atoms with E-state index in [1.807, 2.05) is 25.3 Å². The van der Waals surface area contributed by atoms with Gasteiger partial charge in [-0.15, -0.1) is 0 Å². The van der Waals surface area contributed by atoms with E-state index in [0.29, 0.717) is 11.5 Å². The molecule has 4 aromatic rings. The van der Waals surface area contributed by atoms with Crippen LogP contribution >= 0.6 is 0 Å². The van der Waals surface area contributed by atoms with Gasteiger partial charge >= 0.3 is 6.09 Å². The molecule has 2 heterocycles. The normalized spacial score (nSPS) is 10.7. The monoisotopic (exact) mass is 418 g/mol. The standard InChI is InChI=1S/C21H18N6O4/c1-2-13-11-26-19(20(22)23-12-24-26)18(13)14-3-5-15(6-4-14)25-21(28)31-17-9-7-16(8-10-17)27(29)30/h3-12H,2H2,1H3,(H,25,28)(H2,22,23,24). The number of aromatic nitrogens is 3. The lowest BCUT2D eigenvalue weighted by Gasteiger charge is -2.09. The quantitative estimate of drug-likeness (QED) is 0.368. The van der Waals surface area contributed by atoms with Crippen molar-refractivity contribution in [2.45, 2.75) is 13.3 Å². The zero-order valence-electron chi connectivity index (χ0n) is 16.5. The average molecular weight is 418 g/mol. The number of rotatable bonds is 5. The average Bonchev–Trinajstić information content (AvgIpc) is 3.14. The number of benzene rings is 2. The van der Waals surface area contributed by atoms with Crippen molar-refractivity contribution in [3.63, 3.8) is 0 Å². The molecule has 0 radical (unpaired) electrons. The fourth-order valence-electron chi connectivity index (χ4n) is 3.28. The number of non-ortho nitro benzene ring substituents is 1. The molecule has 3 N–H and O–H groups in total. The highest BCUT2D eigenvalue weighted by atomic mass is 16.6. The summed E-state index contributed by atoms with van der Waals surface area (Å²) in [6, 6.07) is 12.5. The van der Waals surface area contributed by atoms with Gasteiger partial charge in [0.15, 0.2) is 5.82 Å². The molecule has 0 atom stereocenters. The van der Waals surface area contributed by atoms with Crippen LogP contribution < -0.4 is 15.8 Å². The summed E-state index contributed by atoms with van der Waals surface area (Å²) in [6.07, 6.45) is 3.42. The molecule has 156 valence electrons. The van der Waals surface area contributed by atoms with Crippen molar-refractivity contribution >= 4 is 28.8 Å². The van der Waals surface area contributed by atoms with Crippen molar-refractivity contribution in [2.24, 2.45) is 0 Å². The van der Waals surface area contributed by atoms with Gasteiger partial charge in [0.05, 0.1) is 4.92 Å². The maximum absolute atomic E-state index is 12.1. The topological polar surface area (TPSA) is 138 Å². The first-order valence-electron chi connectivity index (χ1n) is 9.40. The fraction of sp³-hybridized carbons (Fsp3) is 0.0952. The number of anilines is 2. The number of hydrogen-bond acceptors (Lipinski definition) is 7. The smallest absolute Gasteiger partial charge is 0.410 e. The van der Waals surface area contributed by atoms with Gasteiger partial charge in [-0.2, -0.15) is 5.10 Å². The largest absolute Gasteiger partial charge is 0.417 e. The van der Waals surface area contributed by atoms with Crippen LogP contribution in [-0.4, -0.2) is 25.6 Å². The maximum atomic E-state index is 12.1. The van der Waals surface area contributed by atoms with Gasteiger partial charge in [-0.1, -0.05) is 19.1 Å². The molecule has 1 amide bonds. The molecule has 2 aromatic heterocycles. The molecule has 0 aliphatic carbocycles. The summed E-state index contributed by atoms with van der Waals surface area (Å²) in [6.45, 7) is 2.05. The number of aryl methyl sites for hydroxylation is 1. The second-order valence-electron chi connectivity index (χ2n) is 6.66. The summed E-state index contributed by atoms with van der Waals surface area (Å²) in [5.74, 6) is 0.585. The van der Waals surface area contributed by atoms with E-state index in [1.165, 1.54) is 30.6 Å². The third kappa shape index (κ3) is 3.99. The van der Waals surface area contributed by atoms with Crippen molar-refractivity contribution < 1.29 is 14.5 Å². The number of nitrogen functional groups attached to an aromatic ring is 1.